The standard InChI is InChI=1S/C35H43N3O8/c1-2-44-33-27(12-18-42-20-21-43-19-17-39)28(29-23-45-30-11-7-6-10-26(29)30)22-31(46-33)32(40)37-15-13-35(14-16-37)34(41)36-24-38(35)25-8-4-3-5-9-25/h3-11,22-23,27-28,33,39H,2,12-21,24H2,1H3,(H,36,41)/t27-,28+,33-/m1/s1. The Labute approximate surface area is 269 Å². The van der Waals surface area contributed by atoms with E-state index in [0.29, 0.717) is 65.4 Å². The van der Waals surface area contributed by atoms with Crippen LogP contribution in [-0.2, 0) is 28.5 Å². The minimum atomic E-state index is -0.694. The van der Waals surface area contributed by atoms with Crippen molar-refractivity contribution in [2.75, 3.05) is 64.3 Å². The molecule has 3 aliphatic heterocycles. The third kappa shape index (κ3) is 6.50. The number of benzene rings is 2. The molecule has 46 heavy (non-hydrogen) atoms. The highest BCUT2D eigenvalue weighted by molar-refractivity contribution is 5.95. The molecule has 2 amide bonds. The van der Waals surface area contributed by atoms with Gasteiger partial charge in [-0.15, -0.1) is 0 Å². The molecule has 2 saturated heterocycles. The number of nitrogens with zero attached hydrogens (tertiary/aromatic N) is 2. The number of carbonyl (C=O) groups is 2. The van der Waals surface area contributed by atoms with E-state index < -0.39 is 11.8 Å². The average molecular weight is 634 g/mol. The van der Waals surface area contributed by atoms with E-state index in [2.05, 4.69) is 10.2 Å². The van der Waals surface area contributed by atoms with Crippen LogP contribution in [0.3, 0.4) is 0 Å². The molecule has 0 bridgehead atoms. The quantitative estimate of drug-likeness (QED) is 0.271. The summed E-state index contributed by atoms with van der Waals surface area (Å²) in [5, 5.41) is 12.9. The van der Waals surface area contributed by atoms with Crippen molar-refractivity contribution in [2.45, 2.75) is 43.9 Å². The predicted molar refractivity (Wildman–Crippen MR) is 171 cm³/mol. The highest BCUT2D eigenvalue weighted by atomic mass is 16.7. The van der Waals surface area contributed by atoms with Crippen LogP contribution in [0.5, 0.6) is 0 Å². The molecule has 6 rings (SSSR count). The third-order valence-corrected chi connectivity index (χ3v) is 9.28. The molecule has 246 valence electrons. The second-order valence-corrected chi connectivity index (χ2v) is 11.8. The lowest BCUT2D eigenvalue weighted by atomic mass is 9.81. The Hall–Kier alpha value is -3.90. The summed E-state index contributed by atoms with van der Waals surface area (Å²) in [7, 11) is 0. The molecular formula is C35H43N3O8. The first-order valence-electron chi connectivity index (χ1n) is 16.2. The molecule has 11 heteroatoms. The summed E-state index contributed by atoms with van der Waals surface area (Å²) in [6, 6.07) is 17.8. The largest absolute Gasteiger partial charge is 0.464 e. The summed E-state index contributed by atoms with van der Waals surface area (Å²) in [6.07, 6.45) is 4.64. The number of hydrogen-bond acceptors (Lipinski definition) is 9. The van der Waals surface area contributed by atoms with E-state index in [1.54, 1.807) is 11.2 Å². The van der Waals surface area contributed by atoms with Gasteiger partial charge < -0.3 is 43.6 Å². The molecule has 11 nitrogen and oxygen atoms in total. The van der Waals surface area contributed by atoms with Crippen molar-refractivity contribution in [3.8, 4) is 0 Å². The van der Waals surface area contributed by atoms with Crippen molar-refractivity contribution < 1.29 is 38.1 Å². The predicted octanol–water partition coefficient (Wildman–Crippen LogP) is 3.78. The van der Waals surface area contributed by atoms with Crippen molar-refractivity contribution in [3.63, 3.8) is 0 Å². The van der Waals surface area contributed by atoms with E-state index in [4.69, 9.17) is 28.5 Å². The minimum absolute atomic E-state index is 0.00455. The van der Waals surface area contributed by atoms with Gasteiger partial charge in [0, 0.05) is 54.8 Å². The molecule has 0 aliphatic carbocycles. The van der Waals surface area contributed by atoms with E-state index in [-0.39, 0.29) is 42.6 Å². The van der Waals surface area contributed by atoms with Gasteiger partial charge in [-0.1, -0.05) is 36.4 Å². The van der Waals surface area contributed by atoms with E-state index in [1.807, 2.05) is 67.6 Å². The zero-order valence-corrected chi connectivity index (χ0v) is 26.3. The van der Waals surface area contributed by atoms with E-state index in [0.717, 1.165) is 22.2 Å². The number of fused-ring (bicyclic) bond motifs is 1. The van der Waals surface area contributed by atoms with Crippen LogP contribution in [0.25, 0.3) is 11.0 Å². The van der Waals surface area contributed by atoms with Gasteiger partial charge in [-0.05, 0) is 50.5 Å². The van der Waals surface area contributed by atoms with Gasteiger partial charge in [0.2, 0.25) is 12.2 Å². The van der Waals surface area contributed by atoms with Gasteiger partial charge in [0.25, 0.3) is 5.91 Å². The number of ether oxygens (including phenoxy) is 4. The lowest BCUT2D eigenvalue weighted by Crippen LogP contribution is -2.57. The Balaban J connectivity index is 1.22. The number of furan rings is 1. The molecule has 2 fully saturated rings. The van der Waals surface area contributed by atoms with E-state index in [9.17, 15) is 9.59 Å². The Bertz CT molecular complexity index is 1500. The number of aliphatic hydroxyl groups is 1. The molecular weight excluding hydrogens is 590 g/mol. The number of carbonyl (C=O) groups excluding carboxylic acids is 2. The molecule has 1 aromatic heterocycles. The average Bonchev–Trinajstić information content (AvgIpc) is 3.66. The number of nitrogens with one attached hydrogen (secondary N) is 1. The van der Waals surface area contributed by atoms with Crippen molar-refractivity contribution in [2.24, 2.45) is 5.92 Å². The van der Waals surface area contributed by atoms with Crippen molar-refractivity contribution in [3.05, 3.63) is 78.3 Å². The summed E-state index contributed by atoms with van der Waals surface area (Å²) in [5.41, 5.74) is 2.03. The first kappa shape index (κ1) is 32.1. The lowest BCUT2D eigenvalue weighted by Gasteiger charge is -2.44. The zero-order chi connectivity index (χ0) is 31.9. The zero-order valence-electron chi connectivity index (χ0n) is 26.3. The molecule has 0 saturated carbocycles. The van der Waals surface area contributed by atoms with E-state index >= 15 is 0 Å². The van der Waals surface area contributed by atoms with Crippen molar-refractivity contribution in [1.82, 2.24) is 10.2 Å². The summed E-state index contributed by atoms with van der Waals surface area (Å²) < 4.78 is 29.6. The molecule has 1 spiro atoms. The summed E-state index contributed by atoms with van der Waals surface area (Å²) in [5.74, 6) is -0.340. The molecule has 3 aromatic rings. The van der Waals surface area contributed by atoms with E-state index in [1.165, 1.54) is 0 Å². The van der Waals surface area contributed by atoms with Crippen LogP contribution in [0.1, 0.15) is 37.7 Å². The van der Waals surface area contributed by atoms with Gasteiger partial charge in [-0.2, -0.15) is 0 Å². The molecule has 2 aromatic carbocycles. The Morgan fingerprint density at radius 2 is 1.76 bits per heavy atom. The van der Waals surface area contributed by atoms with Crippen LogP contribution in [0, 0.1) is 5.92 Å². The SMILES string of the molecule is CCO[C@@H]1OC(C(=O)N2CCC3(CC2)C(=O)NCN3c2ccccc2)=C[C@H](c2coc3ccccc23)[C@H]1CCOCCOCCO. The molecule has 3 aliphatic rings. The smallest absolute Gasteiger partial charge is 0.288 e. The third-order valence-electron chi connectivity index (χ3n) is 9.28. The van der Waals surface area contributed by atoms with Crippen LogP contribution >= 0.6 is 0 Å². The number of aliphatic hydroxyl groups excluding tert-OH is 1. The number of piperidine rings is 1. The Morgan fingerprint density at radius 3 is 2.52 bits per heavy atom. The number of amides is 2. The first-order chi connectivity index (χ1) is 22.6. The van der Waals surface area contributed by atoms with Gasteiger partial charge in [0.15, 0.2) is 5.76 Å². The highest BCUT2D eigenvalue weighted by Crippen LogP contribution is 2.43. The maximum Gasteiger partial charge on any atom is 0.288 e. The van der Waals surface area contributed by atoms with Gasteiger partial charge in [-0.3, -0.25) is 9.59 Å². The Morgan fingerprint density at radius 1 is 1.02 bits per heavy atom. The fraction of sp³-hybridized carbons (Fsp3) is 0.486. The lowest BCUT2D eigenvalue weighted by molar-refractivity contribution is -0.172. The fourth-order valence-corrected chi connectivity index (χ4v) is 6.92. The Kier molecular flexibility index (Phi) is 10.2. The maximum absolute atomic E-state index is 14.1. The number of anilines is 1. The van der Waals surface area contributed by atoms with Crippen LogP contribution in [0.15, 0.2) is 77.1 Å². The van der Waals surface area contributed by atoms with Crippen molar-refractivity contribution in [1.29, 1.82) is 0 Å². The van der Waals surface area contributed by atoms with Crippen LogP contribution < -0.4 is 10.2 Å². The normalized spacial score (nSPS) is 22.6. The topological polar surface area (TPSA) is 123 Å². The van der Waals surface area contributed by atoms with Gasteiger partial charge >= 0.3 is 0 Å². The fourth-order valence-electron chi connectivity index (χ4n) is 6.92. The van der Waals surface area contributed by atoms with Gasteiger partial charge in [-0.25, -0.2) is 0 Å². The number of likely N-dealkylation sites (tertiary alicyclic amines) is 1. The number of allylic oxidation sites excluding steroid dienone is 1. The van der Waals surface area contributed by atoms with Gasteiger partial charge in [0.1, 0.15) is 11.1 Å². The van der Waals surface area contributed by atoms with Gasteiger partial charge in [0.05, 0.1) is 39.4 Å². The summed E-state index contributed by atoms with van der Waals surface area (Å²) in [6.45, 7) is 5.10. The number of para-hydroxylation sites is 2. The molecule has 0 radical (unpaired) electrons. The molecule has 2 N–H and O–H groups in total. The summed E-state index contributed by atoms with van der Waals surface area (Å²) >= 11 is 0. The van der Waals surface area contributed by atoms with Crippen LogP contribution in [0.2, 0.25) is 0 Å². The molecule has 3 atom stereocenters. The second kappa shape index (κ2) is 14.7. The summed E-state index contributed by atoms with van der Waals surface area (Å²) in [4.78, 5) is 31.2. The molecule has 0 unspecified atom stereocenters. The maximum atomic E-state index is 14.1. The van der Waals surface area contributed by atoms with Crippen molar-refractivity contribution >= 4 is 28.5 Å². The molecule has 4 heterocycles. The first-order valence-corrected chi connectivity index (χ1v) is 16.2. The number of rotatable bonds is 13. The van der Waals surface area contributed by atoms with Crippen LogP contribution in [0.4, 0.5) is 5.69 Å². The van der Waals surface area contributed by atoms with Crippen LogP contribution in [-0.4, -0.2) is 93.0 Å². The highest BCUT2D eigenvalue weighted by Gasteiger charge is 2.51. The second-order valence-electron chi connectivity index (χ2n) is 11.8. The minimum Gasteiger partial charge on any atom is -0.464 e. The monoisotopic (exact) mass is 633 g/mol. The number of hydrogen-bond donors (Lipinski definition) is 2.